The van der Waals surface area contributed by atoms with Crippen LogP contribution in [0.1, 0.15) is 31.0 Å². The van der Waals surface area contributed by atoms with Crippen molar-refractivity contribution < 1.29 is 9.90 Å². The number of nitrogens with one attached hydrogen (secondary N) is 1. The highest BCUT2D eigenvalue weighted by Crippen LogP contribution is 2.38. The van der Waals surface area contributed by atoms with Gasteiger partial charge in [0.2, 0.25) is 5.91 Å². The number of phenolic OH excluding ortho intramolecular Hbond substituents is 1. The minimum atomic E-state index is -0.850. The van der Waals surface area contributed by atoms with Crippen LogP contribution in [0.2, 0.25) is 10.0 Å². The summed E-state index contributed by atoms with van der Waals surface area (Å²) in [5.41, 5.74) is 1.38. The molecule has 1 heterocycles. The zero-order chi connectivity index (χ0) is 19.8. The number of carbonyl (C=O) groups is 1. The zero-order valence-corrected chi connectivity index (χ0v) is 17.0. The van der Waals surface area contributed by atoms with Crippen molar-refractivity contribution in [1.82, 2.24) is 4.90 Å². The van der Waals surface area contributed by atoms with Crippen LogP contribution >= 0.6 is 23.2 Å². The molecule has 6 heteroatoms. The Balaban J connectivity index is 1.86. The van der Waals surface area contributed by atoms with E-state index in [1.54, 1.807) is 24.3 Å². The van der Waals surface area contributed by atoms with Gasteiger partial charge in [0.25, 0.3) is 0 Å². The second-order valence-corrected chi connectivity index (χ2v) is 8.07. The van der Waals surface area contributed by atoms with Gasteiger partial charge in [0.05, 0.1) is 22.3 Å². The highest BCUT2D eigenvalue weighted by atomic mass is 35.5. The van der Waals surface area contributed by atoms with E-state index in [1.165, 1.54) is 0 Å². The maximum absolute atomic E-state index is 13.1. The minimum absolute atomic E-state index is 0.193. The molecule has 2 aromatic rings. The first-order chi connectivity index (χ1) is 12.7. The van der Waals surface area contributed by atoms with Gasteiger partial charge in [-0.1, -0.05) is 47.5 Å². The average Bonchev–Trinajstić information content (AvgIpc) is 3.08. The second-order valence-electron chi connectivity index (χ2n) is 7.22. The van der Waals surface area contributed by atoms with Gasteiger partial charge in [0, 0.05) is 17.1 Å². The fourth-order valence-corrected chi connectivity index (χ4v) is 3.61. The Bertz CT molecular complexity index is 909. The van der Waals surface area contributed by atoms with E-state index >= 15 is 0 Å². The molecule has 4 nitrogen and oxygen atoms in total. The van der Waals surface area contributed by atoms with Crippen molar-refractivity contribution in [3.63, 3.8) is 0 Å². The summed E-state index contributed by atoms with van der Waals surface area (Å²) in [5, 5.41) is 14.2. The third-order valence-electron chi connectivity index (χ3n) is 4.91. The normalized spacial score (nSPS) is 17.3. The lowest BCUT2D eigenvalue weighted by Gasteiger charge is -2.38. The molecule has 2 N–H and O–H groups in total. The van der Waals surface area contributed by atoms with Gasteiger partial charge < -0.3 is 10.4 Å². The van der Waals surface area contributed by atoms with Crippen LogP contribution in [0.4, 0.5) is 5.69 Å². The smallest absolute Gasteiger partial charge is 0.244 e. The molecule has 0 fully saturated rings. The molecule has 3 rings (SSSR count). The van der Waals surface area contributed by atoms with Crippen molar-refractivity contribution in [2.24, 2.45) is 0 Å². The van der Waals surface area contributed by atoms with Gasteiger partial charge in [-0.2, -0.15) is 0 Å². The number of hydrogen-bond acceptors (Lipinski definition) is 3. The van der Waals surface area contributed by atoms with Crippen molar-refractivity contribution in [2.75, 3.05) is 11.9 Å². The summed E-state index contributed by atoms with van der Waals surface area (Å²) in [6.45, 7) is 6.23. The third-order valence-corrected chi connectivity index (χ3v) is 5.48. The topological polar surface area (TPSA) is 52.6 Å². The Kier molecular flexibility index (Phi) is 5.52. The number of amides is 1. The summed E-state index contributed by atoms with van der Waals surface area (Å²) in [4.78, 5) is 15.1. The van der Waals surface area contributed by atoms with Crippen molar-refractivity contribution in [3.8, 4) is 5.75 Å². The Morgan fingerprint density at radius 1 is 1.22 bits per heavy atom. The van der Waals surface area contributed by atoms with E-state index in [4.69, 9.17) is 23.2 Å². The molecule has 1 aliphatic heterocycles. The van der Waals surface area contributed by atoms with Crippen LogP contribution in [0, 0.1) is 6.92 Å². The van der Waals surface area contributed by atoms with Gasteiger partial charge in [-0.15, -0.1) is 0 Å². The molecule has 0 bridgehead atoms. The lowest BCUT2D eigenvalue weighted by Crippen LogP contribution is -2.52. The van der Waals surface area contributed by atoms with Gasteiger partial charge in [0.1, 0.15) is 5.75 Å². The quantitative estimate of drug-likeness (QED) is 0.676. The number of phenols is 1. The van der Waals surface area contributed by atoms with Gasteiger partial charge in [-0.3, -0.25) is 9.69 Å². The second kappa shape index (κ2) is 7.55. The number of carbonyl (C=O) groups excluding carboxylic acids is 1. The predicted octanol–water partition coefficient (Wildman–Crippen LogP) is 5.34. The van der Waals surface area contributed by atoms with Crippen LogP contribution in [-0.4, -0.2) is 28.0 Å². The highest BCUT2D eigenvalue weighted by Gasteiger charge is 2.40. The summed E-state index contributed by atoms with van der Waals surface area (Å²) >= 11 is 12.2. The third kappa shape index (κ3) is 3.98. The predicted molar refractivity (Wildman–Crippen MR) is 111 cm³/mol. The molecule has 27 heavy (non-hydrogen) atoms. The van der Waals surface area contributed by atoms with Crippen LogP contribution in [0.15, 0.2) is 48.6 Å². The molecule has 2 aromatic carbocycles. The van der Waals surface area contributed by atoms with Gasteiger partial charge in [-0.05, 0) is 50.6 Å². The van der Waals surface area contributed by atoms with E-state index in [0.717, 1.165) is 11.1 Å². The molecular formula is C21H22Cl2N2O2. The van der Waals surface area contributed by atoms with Crippen molar-refractivity contribution in [2.45, 2.75) is 32.4 Å². The molecule has 0 saturated heterocycles. The van der Waals surface area contributed by atoms with E-state index in [0.29, 0.717) is 22.3 Å². The molecule has 0 saturated carbocycles. The number of halogens is 2. The van der Waals surface area contributed by atoms with Gasteiger partial charge >= 0.3 is 0 Å². The molecular weight excluding hydrogens is 383 g/mol. The van der Waals surface area contributed by atoms with Crippen LogP contribution in [0.25, 0.3) is 0 Å². The van der Waals surface area contributed by atoms with E-state index in [-0.39, 0.29) is 17.7 Å². The lowest BCUT2D eigenvalue weighted by molar-refractivity contribution is -0.126. The molecule has 0 radical (unpaired) electrons. The maximum Gasteiger partial charge on any atom is 0.244 e. The first kappa shape index (κ1) is 19.7. The molecule has 1 atom stereocenters. The average molecular weight is 405 g/mol. The maximum atomic E-state index is 13.1. The first-order valence-electron chi connectivity index (χ1n) is 8.69. The first-order valence-corrected chi connectivity index (χ1v) is 9.45. The number of aromatic hydroxyl groups is 1. The molecule has 0 aliphatic carbocycles. The van der Waals surface area contributed by atoms with E-state index in [2.05, 4.69) is 5.32 Å². The van der Waals surface area contributed by atoms with Crippen molar-refractivity contribution in [1.29, 1.82) is 0 Å². The fourth-order valence-electron chi connectivity index (χ4n) is 3.27. The van der Waals surface area contributed by atoms with Gasteiger partial charge in [-0.25, -0.2) is 0 Å². The van der Waals surface area contributed by atoms with Crippen LogP contribution < -0.4 is 5.32 Å². The number of rotatable bonds is 4. The molecule has 1 aliphatic rings. The van der Waals surface area contributed by atoms with E-state index in [1.807, 2.05) is 50.0 Å². The largest absolute Gasteiger partial charge is 0.508 e. The summed E-state index contributed by atoms with van der Waals surface area (Å²) in [6.07, 6.45) is 4.01. The van der Waals surface area contributed by atoms with E-state index < -0.39 is 5.54 Å². The SMILES string of the molecule is Cc1ccc(C2C=CCN2C(C)(C)C(=O)Nc2cc(Cl)ccc2Cl)c(O)c1. The molecule has 0 aromatic heterocycles. The van der Waals surface area contributed by atoms with Crippen molar-refractivity contribution >= 4 is 34.8 Å². The standard InChI is InChI=1S/C21H22Cl2N2O2/c1-13-6-8-15(19(26)11-13)18-5-4-10-25(18)21(2,3)20(27)24-17-12-14(22)7-9-16(17)23/h4-9,11-12,18,26H,10H2,1-3H3,(H,24,27). The van der Waals surface area contributed by atoms with Crippen LogP contribution in [0.5, 0.6) is 5.75 Å². The van der Waals surface area contributed by atoms with Gasteiger partial charge in [0.15, 0.2) is 0 Å². The number of nitrogens with zero attached hydrogens (tertiary/aromatic N) is 1. The van der Waals surface area contributed by atoms with Crippen LogP contribution in [-0.2, 0) is 4.79 Å². The number of aryl methyl sites for hydroxylation is 1. The summed E-state index contributed by atoms with van der Waals surface area (Å²) in [7, 11) is 0. The lowest BCUT2D eigenvalue weighted by atomic mass is 9.96. The van der Waals surface area contributed by atoms with Crippen LogP contribution in [0.3, 0.4) is 0 Å². The minimum Gasteiger partial charge on any atom is -0.508 e. The fraction of sp³-hybridized carbons (Fsp3) is 0.286. The number of hydrogen-bond donors (Lipinski definition) is 2. The zero-order valence-electron chi connectivity index (χ0n) is 15.5. The van der Waals surface area contributed by atoms with E-state index in [9.17, 15) is 9.90 Å². The summed E-state index contributed by atoms with van der Waals surface area (Å²) < 4.78 is 0. The summed E-state index contributed by atoms with van der Waals surface area (Å²) in [6, 6.07) is 10.4. The van der Waals surface area contributed by atoms with Crippen molar-refractivity contribution in [3.05, 3.63) is 69.7 Å². The number of anilines is 1. The Morgan fingerprint density at radius 2 is 1.96 bits per heavy atom. The molecule has 142 valence electrons. The number of benzene rings is 2. The Hall–Kier alpha value is -2.01. The highest BCUT2D eigenvalue weighted by molar-refractivity contribution is 6.35. The molecule has 0 spiro atoms. The molecule has 1 amide bonds. The molecule has 1 unspecified atom stereocenters. The summed E-state index contributed by atoms with van der Waals surface area (Å²) in [5.74, 6) is 0.0256. The Morgan fingerprint density at radius 3 is 2.67 bits per heavy atom. The Labute approximate surface area is 169 Å². The monoisotopic (exact) mass is 404 g/mol.